The lowest BCUT2D eigenvalue weighted by Crippen LogP contribution is -2.61. The fraction of sp³-hybridized carbons (Fsp3) is 0.636. The summed E-state index contributed by atoms with van der Waals surface area (Å²) < 4.78 is 10.3. The number of amides is 1. The van der Waals surface area contributed by atoms with Crippen LogP contribution in [0.25, 0.3) is 0 Å². The Balaban J connectivity index is 2.75. The molecule has 1 N–H and O–H groups in total. The molecule has 1 unspecified atom stereocenters. The standard InChI is InChI=1S/C11H17NO4/c1-5-6-15-9(14)11(4)7-16-10(2,3)12-8(11)13/h5H,1,6-7H2,2-4H3,(H,12,13). The van der Waals surface area contributed by atoms with Gasteiger partial charge in [-0.3, -0.25) is 9.59 Å². The Morgan fingerprint density at radius 3 is 2.75 bits per heavy atom. The summed E-state index contributed by atoms with van der Waals surface area (Å²) in [5.74, 6) is -0.974. The number of ether oxygens (including phenoxy) is 2. The van der Waals surface area contributed by atoms with Gasteiger partial charge in [-0.2, -0.15) is 0 Å². The smallest absolute Gasteiger partial charge is 0.324 e. The monoisotopic (exact) mass is 227 g/mol. The number of carbonyl (C=O) groups is 2. The lowest BCUT2D eigenvalue weighted by Gasteiger charge is -2.39. The zero-order valence-electron chi connectivity index (χ0n) is 9.83. The maximum atomic E-state index is 11.8. The van der Waals surface area contributed by atoms with Crippen molar-refractivity contribution in [1.82, 2.24) is 5.32 Å². The minimum atomic E-state index is -1.28. The highest BCUT2D eigenvalue weighted by atomic mass is 16.5. The summed E-state index contributed by atoms with van der Waals surface area (Å²) in [7, 11) is 0. The Hall–Kier alpha value is -1.36. The molecule has 0 aromatic heterocycles. The van der Waals surface area contributed by atoms with Gasteiger partial charge in [-0.05, 0) is 20.8 Å². The van der Waals surface area contributed by atoms with Crippen LogP contribution < -0.4 is 5.32 Å². The summed E-state index contributed by atoms with van der Waals surface area (Å²) in [6.45, 7) is 8.48. The minimum absolute atomic E-state index is 0.0157. The van der Waals surface area contributed by atoms with Crippen LogP contribution in [0.5, 0.6) is 0 Å². The van der Waals surface area contributed by atoms with E-state index in [2.05, 4.69) is 11.9 Å². The summed E-state index contributed by atoms with van der Waals surface area (Å²) in [5.41, 5.74) is -2.02. The lowest BCUT2D eigenvalue weighted by molar-refractivity contribution is -0.183. The van der Waals surface area contributed by atoms with Crippen molar-refractivity contribution in [3.05, 3.63) is 12.7 Å². The summed E-state index contributed by atoms with van der Waals surface area (Å²) >= 11 is 0. The fourth-order valence-electron chi connectivity index (χ4n) is 1.28. The van der Waals surface area contributed by atoms with E-state index in [1.165, 1.54) is 13.0 Å². The van der Waals surface area contributed by atoms with Crippen molar-refractivity contribution in [2.75, 3.05) is 13.2 Å². The molecule has 1 saturated heterocycles. The number of rotatable bonds is 3. The van der Waals surface area contributed by atoms with Crippen molar-refractivity contribution in [2.45, 2.75) is 26.5 Å². The van der Waals surface area contributed by atoms with E-state index in [9.17, 15) is 9.59 Å². The van der Waals surface area contributed by atoms with E-state index >= 15 is 0 Å². The molecule has 1 amide bonds. The number of hydrogen-bond acceptors (Lipinski definition) is 4. The predicted octanol–water partition coefficient (Wildman–Crippen LogP) is 0.604. The molecule has 0 bridgehead atoms. The van der Waals surface area contributed by atoms with Crippen LogP contribution in [0, 0.1) is 5.41 Å². The molecule has 5 nitrogen and oxygen atoms in total. The van der Waals surface area contributed by atoms with Crippen molar-refractivity contribution in [1.29, 1.82) is 0 Å². The second-order valence-corrected chi connectivity index (χ2v) is 4.47. The van der Waals surface area contributed by atoms with Crippen LogP contribution in [0.4, 0.5) is 0 Å². The average Bonchev–Trinajstić information content (AvgIpc) is 2.20. The van der Waals surface area contributed by atoms with Gasteiger partial charge in [0.2, 0.25) is 5.91 Å². The minimum Gasteiger partial charge on any atom is -0.461 e. The topological polar surface area (TPSA) is 64.6 Å². The van der Waals surface area contributed by atoms with Gasteiger partial charge < -0.3 is 14.8 Å². The van der Waals surface area contributed by atoms with Crippen LogP contribution in [-0.2, 0) is 19.1 Å². The van der Waals surface area contributed by atoms with E-state index in [0.717, 1.165) is 0 Å². The quantitative estimate of drug-likeness (QED) is 0.436. The van der Waals surface area contributed by atoms with E-state index in [-0.39, 0.29) is 19.1 Å². The summed E-state index contributed by atoms with van der Waals surface area (Å²) in [4.78, 5) is 23.5. The third-order valence-electron chi connectivity index (χ3n) is 2.42. The number of nitrogens with one attached hydrogen (secondary N) is 1. The van der Waals surface area contributed by atoms with E-state index < -0.39 is 17.1 Å². The molecule has 1 atom stereocenters. The van der Waals surface area contributed by atoms with E-state index in [0.29, 0.717) is 0 Å². The van der Waals surface area contributed by atoms with E-state index in [1.807, 2.05) is 0 Å². The highest BCUT2D eigenvalue weighted by Crippen LogP contribution is 2.27. The molecule has 1 aliphatic rings. The highest BCUT2D eigenvalue weighted by Gasteiger charge is 2.49. The molecular weight excluding hydrogens is 210 g/mol. The summed E-state index contributed by atoms with van der Waals surface area (Å²) in [6, 6.07) is 0. The van der Waals surface area contributed by atoms with Crippen molar-refractivity contribution < 1.29 is 19.1 Å². The molecule has 16 heavy (non-hydrogen) atoms. The first-order valence-corrected chi connectivity index (χ1v) is 5.06. The maximum Gasteiger partial charge on any atom is 0.324 e. The van der Waals surface area contributed by atoms with Crippen molar-refractivity contribution in [3.63, 3.8) is 0 Å². The number of esters is 1. The molecule has 90 valence electrons. The van der Waals surface area contributed by atoms with Crippen LogP contribution in [0.3, 0.4) is 0 Å². The number of carbonyl (C=O) groups excluding carboxylic acids is 2. The average molecular weight is 227 g/mol. The van der Waals surface area contributed by atoms with Crippen LogP contribution in [-0.4, -0.2) is 30.8 Å². The first kappa shape index (κ1) is 12.7. The third kappa shape index (κ3) is 2.41. The molecule has 5 heteroatoms. The first-order chi connectivity index (χ1) is 7.32. The lowest BCUT2D eigenvalue weighted by atomic mass is 9.88. The highest BCUT2D eigenvalue weighted by molar-refractivity contribution is 6.03. The zero-order valence-corrected chi connectivity index (χ0v) is 9.83. The molecule has 1 fully saturated rings. The normalized spacial score (nSPS) is 28.1. The molecular formula is C11H17NO4. The Morgan fingerprint density at radius 1 is 1.62 bits per heavy atom. The third-order valence-corrected chi connectivity index (χ3v) is 2.42. The Labute approximate surface area is 94.8 Å². The van der Waals surface area contributed by atoms with Gasteiger partial charge in [0.05, 0.1) is 6.61 Å². The SMILES string of the molecule is C=CCOC(=O)C1(C)COC(C)(C)NC1=O. The molecule has 1 heterocycles. The molecule has 0 radical (unpaired) electrons. The van der Waals surface area contributed by atoms with Crippen molar-refractivity contribution in [2.24, 2.45) is 5.41 Å². The van der Waals surface area contributed by atoms with Crippen LogP contribution >= 0.6 is 0 Å². The largest absolute Gasteiger partial charge is 0.461 e. The van der Waals surface area contributed by atoms with Crippen LogP contribution in [0.15, 0.2) is 12.7 Å². The second kappa shape index (κ2) is 4.25. The van der Waals surface area contributed by atoms with Gasteiger partial charge >= 0.3 is 5.97 Å². The molecule has 1 aliphatic heterocycles. The van der Waals surface area contributed by atoms with Gasteiger partial charge in [0.15, 0.2) is 5.41 Å². The molecule has 1 rings (SSSR count). The van der Waals surface area contributed by atoms with Gasteiger partial charge in [0, 0.05) is 0 Å². The Morgan fingerprint density at radius 2 is 2.25 bits per heavy atom. The van der Waals surface area contributed by atoms with Gasteiger partial charge in [0.1, 0.15) is 12.3 Å². The zero-order chi connectivity index (χ0) is 12.4. The molecule has 0 spiro atoms. The molecule has 0 aliphatic carbocycles. The van der Waals surface area contributed by atoms with Crippen molar-refractivity contribution >= 4 is 11.9 Å². The first-order valence-electron chi connectivity index (χ1n) is 5.06. The maximum absolute atomic E-state index is 11.8. The van der Waals surface area contributed by atoms with Gasteiger partial charge in [0.25, 0.3) is 0 Å². The Bertz CT molecular complexity index is 324. The van der Waals surface area contributed by atoms with Gasteiger partial charge in [-0.1, -0.05) is 12.7 Å². The molecule has 0 aromatic rings. The van der Waals surface area contributed by atoms with Gasteiger partial charge in [-0.15, -0.1) is 0 Å². The van der Waals surface area contributed by atoms with Gasteiger partial charge in [-0.25, -0.2) is 0 Å². The van der Waals surface area contributed by atoms with Crippen LogP contribution in [0.2, 0.25) is 0 Å². The van der Waals surface area contributed by atoms with E-state index in [1.54, 1.807) is 13.8 Å². The Kier molecular flexibility index (Phi) is 3.38. The van der Waals surface area contributed by atoms with Crippen LogP contribution in [0.1, 0.15) is 20.8 Å². The molecule has 0 saturated carbocycles. The summed E-state index contributed by atoms with van der Waals surface area (Å²) in [5, 5.41) is 2.62. The fourth-order valence-corrected chi connectivity index (χ4v) is 1.28. The van der Waals surface area contributed by atoms with Crippen molar-refractivity contribution in [3.8, 4) is 0 Å². The predicted molar refractivity (Wildman–Crippen MR) is 57.4 cm³/mol. The summed E-state index contributed by atoms with van der Waals surface area (Å²) in [6.07, 6.45) is 1.45. The molecule has 0 aromatic carbocycles. The van der Waals surface area contributed by atoms with E-state index in [4.69, 9.17) is 9.47 Å². The number of hydrogen-bond donors (Lipinski definition) is 1. The second-order valence-electron chi connectivity index (χ2n) is 4.47.